The average Bonchev–Trinajstić information content (AvgIpc) is 2.64. The molecule has 0 heterocycles. The van der Waals surface area contributed by atoms with E-state index in [9.17, 15) is 9.90 Å². The number of unbranched alkanes of at least 4 members (excludes halogenated alkanes) is 10. The molecule has 158 valence electrons. The summed E-state index contributed by atoms with van der Waals surface area (Å²) >= 11 is 0. The summed E-state index contributed by atoms with van der Waals surface area (Å²) in [7, 11) is 0. The molecule has 0 aliphatic rings. The van der Waals surface area contributed by atoms with E-state index in [2.05, 4.69) is 38.2 Å². The minimum absolute atomic E-state index is 0. The number of allylic oxidation sites excluding steroid dienone is 4. The summed E-state index contributed by atoms with van der Waals surface area (Å²) in [5, 5.41) is 11.0. The molecule has 0 bridgehead atoms. The molecule has 0 spiro atoms. The van der Waals surface area contributed by atoms with Gasteiger partial charge >= 0.3 is 18.9 Å². The molecule has 0 aliphatic carbocycles. The number of carboxylic acids is 1. The molecule has 0 aromatic carbocycles. The van der Waals surface area contributed by atoms with Gasteiger partial charge in [-0.1, -0.05) is 63.8 Å². The van der Waals surface area contributed by atoms with Gasteiger partial charge in [0, 0.05) is 6.54 Å². The molecule has 0 unspecified atom stereocenters. The van der Waals surface area contributed by atoms with Crippen molar-refractivity contribution in [3.05, 3.63) is 24.3 Å². The first-order valence-electron chi connectivity index (χ1n) is 11.4. The van der Waals surface area contributed by atoms with Crippen LogP contribution >= 0.6 is 0 Å². The van der Waals surface area contributed by atoms with Crippen LogP contribution < -0.4 is 24.0 Å². The molecule has 0 N–H and O–H groups in total. The predicted octanol–water partition coefficient (Wildman–Crippen LogP) is 2.66. The summed E-state index contributed by atoms with van der Waals surface area (Å²) in [6, 6.07) is 0. The molecule has 0 fully saturated rings. The number of carboxylic acid groups (broad SMARTS) is 1. The van der Waals surface area contributed by atoms with E-state index in [1.165, 1.54) is 51.4 Å². The van der Waals surface area contributed by atoms with Gasteiger partial charge in [0.15, 0.2) is 0 Å². The minimum atomic E-state index is -0.957. The fourth-order valence-corrected chi connectivity index (χ4v) is 3.14. The number of hydrogen-bond acceptors (Lipinski definition) is 3. The molecule has 4 heteroatoms. The molecule has 0 atom stereocenters. The first-order valence-corrected chi connectivity index (χ1v) is 11.4. The first-order chi connectivity index (χ1) is 13.2. The zero-order chi connectivity index (χ0) is 20.0. The van der Waals surface area contributed by atoms with Gasteiger partial charge in [-0.3, -0.25) is 4.90 Å². The van der Waals surface area contributed by atoms with Gasteiger partial charge in [-0.2, -0.15) is 0 Å². The van der Waals surface area contributed by atoms with Crippen LogP contribution in [0.25, 0.3) is 0 Å². The third-order valence-corrected chi connectivity index (χ3v) is 4.82. The number of aliphatic carboxylic acids is 1. The molecule has 28 heavy (non-hydrogen) atoms. The van der Waals surface area contributed by atoms with Crippen LogP contribution in [0.5, 0.6) is 0 Å². The monoisotopic (exact) mass is 385 g/mol. The van der Waals surface area contributed by atoms with E-state index >= 15 is 0 Å². The molecule has 0 radical (unpaired) electrons. The Morgan fingerprint density at radius 3 is 1.36 bits per heavy atom. The smallest absolute Gasteiger partial charge is 0.549 e. The Labute approximate surface area is 187 Å². The van der Waals surface area contributed by atoms with Crippen LogP contribution in [-0.2, 0) is 4.79 Å². The summed E-state index contributed by atoms with van der Waals surface area (Å²) in [4.78, 5) is 13.0. The molecule has 0 amide bonds. The van der Waals surface area contributed by atoms with Crippen molar-refractivity contribution in [2.24, 2.45) is 0 Å². The van der Waals surface area contributed by atoms with Crippen molar-refractivity contribution in [1.82, 2.24) is 4.90 Å². The Kier molecular flexibility index (Phi) is 26.0. The third kappa shape index (κ3) is 23.5. The van der Waals surface area contributed by atoms with Gasteiger partial charge in [0.25, 0.3) is 0 Å². The van der Waals surface area contributed by atoms with Crippen molar-refractivity contribution in [3.8, 4) is 0 Å². The second kappa shape index (κ2) is 24.5. The van der Waals surface area contributed by atoms with E-state index in [1.54, 1.807) is 0 Å². The van der Waals surface area contributed by atoms with E-state index in [0.717, 1.165) is 51.6 Å². The van der Waals surface area contributed by atoms with Gasteiger partial charge in [0.1, 0.15) is 0 Å². The average molecular weight is 386 g/mol. The second-order valence-corrected chi connectivity index (χ2v) is 7.57. The first kappa shape index (κ1) is 29.7. The topological polar surface area (TPSA) is 43.4 Å². The summed E-state index contributed by atoms with van der Waals surface area (Å²) in [6.45, 7) is 6.26. The largest absolute Gasteiger partial charge is 1.00 e. The Bertz CT molecular complexity index is 355. The maximum atomic E-state index is 11.0. The predicted molar refractivity (Wildman–Crippen MR) is 116 cm³/mol. The summed E-state index contributed by atoms with van der Waals surface area (Å²) in [5.41, 5.74) is 0. The number of carbonyl (C=O) groups excluding carboxylic acids is 1. The third-order valence-electron chi connectivity index (χ3n) is 4.82. The van der Waals surface area contributed by atoms with Gasteiger partial charge in [-0.15, -0.1) is 0 Å². The van der Waals surface area contributed by atoms with E-state index in [4.69, 9.17) is 0 Å². The Morgan fingerprint density at radius 2 is 1.04 bits per heavy atom. The molecule has 0 saturated carbocycles. The Hall–Kier alpha value is -0.493. The SMILES string of the molecule is CCCCC/C=C/CCCCN(CCCC/C=C/CCCCC)CC(=O)[O-].[Li+]. The zero-order valence-electron chi connectivity index (χ0n) is 19.1. The van der Waals surface area contributed by atoms with Crippen LogP contribution in [0.1, 0.15) is 104 Å². The molecule has 0 rings (SSSR count). The van der Waals surface area contributed by atoms with Crippen LogP contribution in [0.3, 0.4) is 0 Å². The van der Waals surface area contributed by atoms with Crippen molar-refractivity contribution < 1.29 is 28.8 Å². The van der Waals surface area contributed by atoms with Gasteiger partial charge in [-0.05, 0) is 77.3 Å². The van der Waals surface area contributed by atoms with Crippen LogP contribution in [-0.4, -0.2) is 30.5 Å². The number of hydrogen-bond donors (Lipinski definition) is 0. The van der Waals surface area contributed by atoms with Gasteiger partial charge in [0.2, 0.25) is 0 Å². The Morgan fingerprint density at radius 1 is 0.679 bits per heavy atom. The fraction of sp³-hybridized carbons (Fsp3) is 0.792. The van der Waals surface area contributed by atoms with Crippen molar-refractivity contribution in [1.29, 1.82) is 0 Å². The van der Waals surface area contributed by atoms with E-state index in [0.29, 0.717) is 0 Å². The summed E-state index contributed by atoms with van der Waals surface area (Å²) in [5.74, 6) is -0.957. The van der Waals surface area contributed by atoms with Crippen LogP contribution in [0.4, 0.5) is 0 Å². The van der Waals surface area contributed by atoms with Crippen LogP contribution in [0.15, 0.2) is 24.3 Å². The molecule has 0 aromatic heterocycles. The maximum absolute atomic E-state index is 11.0. The zero-order valence-corrected chi connectivity index (χ0v) is 19.1. The molecule has 0 aromatic rings. The van der Waals surface area contributed by atoms with Gasteiger partial charge < -0.3 is 9.90 Å². The number of carbonyl (C=O) groups is 1. The van der Waals surface area contributed by atoms with Crippen LogP contribution in [0.2, 0.25) is 0 Å². The minimum Gasteiger partial charge on any atom is -0.549 e. The second-order valence-electron chi connectivity index (χ2n) is 7.57. The van der Waals surface area contributed by atoms with Crippen molar-refractivity contribution in [2.75, 3.05) is 19.6 Å². The summed E-state index contributed by atoms with van der Waals surface area (Å²) < 4.78 is 0. The molecular formula is C24H44LiNO2. The Balaban J connectivity index is 0. The van der Waals surface area contributed by atoms with Gasteiger partial charge in [-0.25, -0.2) is 0 Å². The van der Waals surface area contributed by atoms with Crippen molar-refractivity contribution in [3.63, 3.8) is 0 Å². The van der Waals surface area contributed by atoms with E-state index < -0.39 is 5.97 Å². The number of nitrogens with zero attached hydrogens (tertiary/aromatic N) is 1. The van der Waals surface area contributed by atoms with Crippen molar-refractivity contribution in [2.45, 2.75) is 104 Å². The van der Waals surface area contributed by atoms with Gasteiger partial charge in [0.05, 0.1) is 5.97 Å². The molecule has 0 saturated heterocycles. The molecule has 3 nitrogen and oxygen atoms in total. The normalized spacial score (nSPS) is 11.5. The quantitative estimate of drug-likeness (QED) is 0.184. The summed E-state index contributed by atoms with van der Waals surface area (Å²) in [6.07, 6.45) is 25.9. The van der Waals surface area contributed by atoms with E-state index in [-0.39, 0.29) is 25.4 Å². The fourth-order valence-electron chi connectivity index (χ4n) is 3.14. The number of rotatable bonds is 20. The molecule has 0 aliphatic heterocycles. The van der Waals surface area contributed by atoms with Crippen molar-refractivity contribution >= 4 is 5.97 Å². The standard InChI is InChI=1S/C24H45NO2.Li/c1-3-5-7-9-11-13-15-17-19-21-25(23-24(26)27)22-20-18-16-14-12-10-8-6-4-2;/h11-14H,3-10,15-23H2,1-2H3,(H,26,27);/q;+1/p-1/b13-11+,14-12+;. The van der Waals surface area contributed by atoms with E-state index in [1.807, 2.05) is 4.90 Å². The maximum Gasteiger partial charge on any atom is 1.00 e. The molecular weight excluding hydrogens is 341 g/mol. The van der Waals surface area contributed by atoms with Crippen LogP contribution in [0, 0.1) is 0 Å².